The highest BCUT2D eigenvalue weighted by Crippen LogP contribution is 2.32. The second kappa shape index (κ2) is 7.47. The first-order valence-corrected chi connectivity index (χ1v) is 8.42. The lowest BCUT2D eigenvalue weighted by Gasteiger charge is -2.19. The molecule has 1 fully saturated rings. The van der Waals surface area contributed by atoms with Crippen molar-refractivity contribution in [2.24, 2.45) is 5.92 Å². The van der Waals surface area contributed by atoms with Crippen LogP contribution >= 0.6 is 0 Å². The summed E-state index contributed by atoms with van der Waals surface area (Å²) >= 11 is 0. The molecule has 0 unspecified atom stereocenters. The molecule has 1 heterocycles. The minimum atomic E-state index is -0.419. The molecule has 1 saturated heterocycles. The molecule has 136 valence electrons. The van der Waals surface area contributed by atoms with Gasteiger partial charge in [0.05, 0.1) is 25.8 Å². The van der Waals surface area contributed by atoms with Crippen molar-refractivity contribution < 1.29 is 19.1 Å². The Morgan fingerprint density at radius 2 is 1.92 bits per heavy atom. The summed E-state index contributed by atoms with van der Waals surface area (Å²) in [6, 6.07) is 12.9. The van der Waals surface area contributed by atoms with Crippen LogP contribution in [-0.2, 0) is 9.59 Å². The number of carbonyl (C=O) groups is 2. The number of aryl methyl sites for hydroxylation is 1. The highest BCUT2D eigenvalue weighted by atomic mass is 16.5. The molecule has 6 nitrogen and oxygen atoms in total. The topological polar surface area (TPSA) is 67.9 Å². The molecule has 3 rings (SSSR count). The first-order valence-electron chi connectivity index (χ1n) is 8.42. The van der Waals surface area contributed by atoms with Crippen molar-refractivity contribution in [3.63, 3.8) is 0 Å². The SMILES string of the molecule is COc1ccc(OC)c(NC(=O)[C@H]2CC(=O)N(c3ccccc3C)C2)c1. The lowest BCUT2D eigenvalue weighted by atomic mass is 10.1. The minimum Gasteiger partial charge on any atom is -0.497 e. The summed E-state index contributed by atoms with van der Waals surface area (Å²) in [5.74, 6) is 0.487. The number of hydrogen-bond acceptors (Lipinski definition) is 4. The fraction of sp³-hybridized carbons (Fsp3) is 0.300. The lowest BCUT2D eigenvalue weighted by molar-refractivity contribution is -0.122. The molecule has 0 bridgehead atoms. The molecule has 1 atom stereocenters. The van der Waals surface area contributed by atoms with Crippen LogP contribution in [0.5, 0.6) is 11.5 Å². The number of rotatable bonds is 5. The van der Waals surface area contributed by atoms with Crippen LogP contribution < -0.4 is 19.7 Å². The Kier molecular flexibility index (Phi) is 5.11. The summed E-state index contributed by atoms with van der Waals surface area (Å²) in [6.07, 6.45) is 0.187. The van der Waals surface area contributed by atoms with Gasteiger partial charge in [0, 0.05) is 24.7 Å². The summed E-state index contributed by atoms with van der Waals surface area (Å²) in [4.78, 5) is 26.8. The van der Waals surface area contributed by atoms with Crippen LogP contribution in [0, 0.1) is 12.8 Å². The van der Waals surface area contributed by atoms with Gasteiger partial charge in [-0.1, -0.05) is 18.2 Å². The van der Waals surface area contributed by atoms with Crippen molar-refractivity contribution in [3.8, 4) is 11.5 Å². The van der Waals surface area contributed by atoms with Gasteiger partial charge in [0.2, 0.25) is 11.8 Å². The number of amides is 2. The van der Waals surface area contributed by atoms with E-state index in [-0.39, 0.29) is 18.2 Å². The van der Waals surface area contributed by atoms with Crippen LogP contribution in [0.3, 0.4) is 0 Å². The van der Waals surface area contributed by atoms with Crippen molar-refractivity contribution in [1.82, 2.24) is 0 Å². The predicted octanol–water partition coefficient (Wildman–Crippen LogP) is 3.00. The van der Waals surface area contributed by atoms with Crippen LogP contribution in [0.25, 0.3) is 0 Å². The van der Waals surface area contributed by atoms with Crippen molar-refractivity contribution >= 4 is 23.2 Å². The summed E-state index contributed by atoms with van der Waals surface area (Å²) in [5.41, 5.74) is 2.39. The van der Waals surface area contributed by atoms with Crippen LogP contribution in [0.4, 0.5) is 11.4 Å². The molecule has 1 N–H and O–H groups in total. The van der Waals surface area contributed by atoms with E-state index in [1.807, 2.05) is 31.2 Å². The van der Waals surface area contributed by atoms with E-state index in [9.17, 15) is 9.59 Å². The largest absolute Gasteiger partial charge is 0.497 e. The molecule has 2 amide bonds. The van der Waals surface area contributed by atoms with Crippen LogP contribution in [-0.4, -0.2) is 32.6 Å². The lowest BCUT2D eigenvalue weighted by Crippen LogP contribution is -2.28. The van der Waals surface area contributed by atoms with E-state index in [0.29, 0.717) is 23.7 Å². The third-order valence-corrected chi connectivity index (χ3v) is 4.57. The fourth-order valence-corrected chi connectivity index (χ4v) is 3.13. The molecule has 0 radical (unpaired) electrons. The van der Waals surface area contributed by atoms with E-state index >= 15 is 0 Å². The van der Waals surface area contributed by atoms with E-state index in [0.717, 1.165) is 11.3 Å². The van der Waals surface area contributed by atoms with E-state index < -0.39 is 5.92 Å². The Balaban J connectivity index is 1.76. The van der Waals surface area contributed by atoms with E-state index in [4.69, 9.17) is 9.47 Å². The number of nitrogens with one attached hydrogen (secondary N) is 1. The van der Waals surface area contributed by atoms with Gasteiger partial charge < -0.3 is 19.7 Å². The quantitative estimate of drug-likeness (QED) is 0.896. The molecular weight excluding hydrogens is 332 g/mol. The second-order valence-corrected chi connectivity index (χ2v) is 6.25. The Labute approximate surface area is 152 Å². The normalized spacial score (nSPS) is 16.5. The fourth-order valence-electron chi connectivity index (χ4n) is 3.13. The maximum Gasteiger partial charge on any atom is 0.229 e. The van der Waals surface area contributed by atoms with Gasteiger partial charge >= 0.3 is 0 Å². The predicted molar refractivity (Wildman–Crippen MR) is 99.8 cm³/mol. The first kappa shape index (κ1) is 17.8. The standard InChI is InChI=1S/C20H22N2O4/c1-13-6-4-5-7-17(13)22-12-14(10-19(22)23)20(24)21-16-11-15(25-2)8-9-18(16)26-3/h4-9,11,14H,10,12H2,1-3H3,(H,21,24)/t14-/m0/s1. The van der Waals surface area contributed by atoms with Gasteiger partial charge in [-0.25, -0.2) is 0 Å². The van der Waals surface area contributed by atoms with Crippen molar-refractivity contribution in [3.05, 3.63) is 48.0 Å². The van der Waals surface area contributed by atoms with Crippen LogP contribution in [0.2, 0.25) is 0 Å². The Hall–Kier alpha value is -3.02. The van der Waals surface area contributed by atoms with Crippen LogP contribution in [0.1, 0.15) is 12.0 Å². The molecule has 26 heavy (non-hydrogen) atoms. The van der Waals surface area contributed by atoms with Gasteiger partial charge in [0.1, 0.15) is 11.5 Å². The number of benzene rings is 2. The maximum atomic E-state index is 12.7. The van der Waals surface area contributed by atoms with Gasteiger partial charge in [-0.2, -0.15) is 0 Å². The minimum absolute atomic E-state index is 0.0444. The smallest absolute Gasteiger partial charge is 0.229 e. The van der Waals surface area contributed by atoms with E-state index in [1.165, 1.54) is 7.11 Å². The third-order valence-electron chi connectivity index (χ3n) is 4.57. The third kappa shape index (κ3) is 3.49. The summed E-state index contributed by atoms with van der Waals surface area (Å²) < 4.78 is 10.5. The maximum absolute atomic E-state index is 12.7. The second-order valence-electron chi connectivity index (χ2n) is 6.25. The number of anilines is 2. The van der Waals surface area contributed by atoms with Crippen molar-refractivity contribution in [2.45, 2.75) is 13.3 Å². The number of nitrogens with zero attached hydrogens (tertiary/aromatic N) is 1. The van der Waals surface area contributed by atoms with Gasteiger partial charge in [0.25, 0.3) is 0 Å². The molecule has 0 aliphatic carbocycles. The van der Waals surface area contributed by atoms with E-state index in [1.54, 1.807) is 30.2 Å². The number of carbonyl (C=O) groups excluding carboxylic acids is 2. The number of hydrogen-bond donors (Lipinski definition) is 1. The Bertz CT molecular complexity index is 834. The van der Waals surface area contributed by atoms with Gasteiger partial charge in [-0.3, -0.25) is 9.59 Å². The zero-order valence-electron chi connectivity index (χ0n) is 15.1. The van der Waals surface area contributed by atoms with Gasteiger partial charge in [0.15, 0.2) is 0 Å². The summed E-state index contributed by atoms with van der Waals surface area (Å²) in [5, 5.41) is 2.86. The Morgan fingerprint density at radius 3 is 2.62 bits per heavy atom. The number of para-hydroxylation sites is 1. The average molecular weight is 354 g/mol. The van der Waals surface area contributed by atoms with Gasteiger partial charge in [-0.05, 0) is 30.7 Å². The van der Waals surface area contributed by atoms with Crippen LogP contribution in [0.15, 0.2) is 42.5 Å². The average Bonchev–Trinajstić information content (AvgIpc) is 3.03. The number of methoxy groups -OCH3 is 2. The highest BCUT2D eigenvalue weighted by molar-refractivity contribution is 6.04. The molecule has 0 aromatic heterocycles. The molecule has 6 heteroatoms. The molecular formula is C20H22N2O4. The van der Waals surface area contributed by atoms with Crippen molar-refractivity contribution in [2.75, 3.05) is 31.0 Å². The Morgan fingerprint density at radius 1 is 1.15 bits per heavy atom. The zero-order chi connectivity index (χ0) is 18.7. The van der Waals surface area contributed by atoms with Gasteiger partial charge in [-0.15, -0.1) is 0 Å². The molecule has 2 aromatic carbocycles. The highest BCUT2D eigenvalue weighted by Gasteiger charge is 2.35. The monoisotopic (exact) mass is 354 g/mol. The molecule has 1 aliphatic rings. The number of ether oxygens (including phenoxy) is 2. The summed E-state index contributed by atoms with van der Waals surface area (Å²) in [7, 11) is 3.10. The first-order chi connectivity index (χ1) is 12.5. The van der Waals surface area contributed by atoms with E-state index in [2.05, 4.69) is 5.32 Å². The molecule has 0 spiro atoms. The molecule has 1 aliphatic heterocycles. The molecule has 2 aromatic rings. The van der Waals surface area contributed by atoms with Crippen molar-refractivity contribution in [1.29, 1.82) is 0 Å². The molecule has 0 saturated carbocycles. The summed E-state index contributed by atoms with van der Waals surface area (Å²) in [6.45, 7) is 2.32. The zero-order valence-corrected chi connectivity index (χ0v) is 15.1.